The van der Waals surface area contributed by atoms with Crippen molar-refractivity contribution in [2.75, 3.05) is 51.3 Å². The number of nitriles is 1. The van der Waals surface area contributed by atoms with Gasteiger partial charge >= 0.3 is 0 Å². The van der Waals surface area contributed by atoms with E-state index in [2.05, 4.69) is 20.9 Å². The molecule has 0 saturated carbocycles. The number of halogens is 2. The van der Waals surface area contributed by atoms with E-state index in [1.807, 2.05) is 30.3 Å². The van der Waals surface area contributed by atoms with Crippen LogP contribution in [0.2, 0.25) is 10.0 Å². The second kappa shape index (κ2) is 12.3. The highest BCUT2D eigenvalue weighted by Crippen LogP contribution is 2.37. The third kappa shape index (κ3) is 6.70. The average molecular weight is 569 g/mol. The molecule has 8 nitrogen and oxygen atoms in total. The summed E-state index contributed by atoms with van der Waals surface area (Å²) in [5, 5.41) is 30.9. The second-order valence-corrected chi connectivity index (χ2v) is 10.8. The molecule has 2 atom stereocenters. The number of nitrogens with zero attached hydrogens (tertiary/aromatic N) is 5. The van der Waals surface area contributed by atoms with Crippen LogP contribution in [-0.2, 0) is 5.60 Å². The standard InChI is InChI=1S/C29H31Cl2N5O3/c1-29(39,27-10-6-22(17-33-27)28(38)34(2)13-14-37)19-35-11-12-36(25-9-3-20(16-32)15-24(25)31)26(18-35)21-4-7-23(30)8-5-21/h3-10,15,17,26,37,39H,11-14,18-19H2,1-2H3/t26-,29+/m0/s1. The van der Waals surface area contributed by atoms with E-state index in [1.54, 1.807) is 38.2 Å². The maximum absolute atomic E-state index is 12.5. The van der Waals surface area contributed by atoms with Crippen LogP contribution in [0.15, 0.2) is 60.8 Å². The van der Waals surface area contributed by atoms with Crippen molar-refractivity contribution in [3.8, 4) is 6.07 Å². The molecule has 1 aliphatic rings. The molecule has 0 unspecified atom stereocenters. The Bertz CT molecular complexity index is 1340. The summed E-state index contributed by atoms with van der Waals surface area (Å²) in [6.45, 7) is 4.08. The molecule has 0 bridgehead atoms. The van der Waals surface area contributed by atoms with E-state index in [1.165, 1.54) is 11.1 Å². The Kier molecular flexibility index (Phi) is 9.11. The number of amides is 1. The van der Waals surface area contributed by atoms with Gasteiger partial charge < -0.3 is 20.0 Å². The molecule has 10 heteroatoms. The first-order chi connectivity index (χ1) is 18.6. The lowest BCUT2D eigenvalue weighted by atomic mass is 9.97. The number of carbonyl (C=O) groups excluding carboxylic acids is 1. The van der Waals surface area contributed by atoms with Gasteiger partial charge in [0, 0.05) is 51.0 Å². The molecular weight excluding hydrogens is 537 g/mol. The summed E-state index contributed by atoms with van der Waals surface area (Å²) in [6, 6.07) is 18.4. The van der Waals surface area contributed by atoms with Gasteiger partial charge in [-0.1, -0.05) is 35.3 Å². The monoisotopic (exact) mass is 567 g/mol. The Morgan fingerprint density at radius 3 is 2.54 bits per heavy atom. The summed E-state index contributed by atoms with van der Waals surface area (Å²) in [7, 11) is 1.62. The number of hydrogen-bond acceptors (Lipinski definition) is 7. The van der Waals surface area contributed by atoms with Crippen molar-refractivity contribution in [3.05, 3.63) is 93.2 Å². The smallest absolute Gasteiger partial charge is 0.255 e. The number of likely N-dealkylation sites (N-methyl/N-ethyl adjacent to an activating group) is 1. The van der Waals surface area contributed by atoms with E-state index in [9.17, 15) is 15.2 Å². The summed E-state index contributed by atoms with van der Waals surface area (Å²) in [5.41, 5.74) is 1.98. The third-order valence-electron chi connectivity index (χ3n) is 6.98. The molecule has 0 aliphatic carbocycles. The molecule has 2 N–H and O–H groups in total. The van der Waals surface area contributed by atoms with Gasteiger partial charge in [0.25, 0.3) is 5.91 Å². The van der Waals surface area contributed by atoms with Crippen LogP contribution < -0.4 is 4.90 Å². The molecule has 1 aliphatic heterocycles. The van der Waals surface area contributed by atoms with E-state index in [0.717, 1.165) is 11.3 Å². The molecule has 1 aromatic heterocycles. The number of benzene rings is 2. The van der Waals surface area contributed by atoms with E-state index in [-0.39, 0.29) is 25.1 Å². The Balaban J connectivity index is 1.54. The lowest BCUT2D eigenvalue weighted by molar-refractivity contribution is 0.00673. The summed E-state index contributed by atoms with van der Waals surface area (Å²) >= 11 is 12.8. The number of β-amino-alcohol motifs (C(OH)–C–C–N with tert-alkyl or cyclic N) is 1. The van der Waals surface area contributed by atoms with Gasteiger partial charge in [0.2, 0.25) is 0 Å². The summed E-state index contributed by atoms with van der Waals surface area (Å²) in [4.78, 5) is 22.7. The van der Waals surface area contributed by atoms with Gasteiger partial charge in [-0.2, -0.15) is 5.26 Å². The largest absolute Gasteiger partial charge is 0.395 e. The van der Waals surface area contributed by atoms with Crippen molar-refractivity contribution >= 4 is 34.8 Å². The average Bonchev–Trinajstić information content (AvgIpc) is 2.93. The summed E-state index contributed by atoms with van der Waals surface area (Å²) < 4.78 is 0. The zero-order valence-electron chi connectivity index (χ0n) is 21.9. The van der Waals surface area contributed by atoms with Crippen LogP contribution in [0.25, 0.3) is 0 Å². The number of hydrogen-bond donors (Lipinski definition) is 2. The van der Waals surface area contributed by atoms with Crippen molar-refractivity contribution in [1.82, 2.24) is 14.8 Å². The molecule has 2 aromatic carbocycles. The number of aliphatic hydroxyl groups excluding tert-OH is 1. The van der Waals surface area contributed by atoms with Crippen molar-refractivity contribution in [3.63, 3.8) is 0 Å². The van der Waals surface area contributed by atoms with Crippen LogP contribution in [-0.4, -0.2) is 77.3 Å². The Morgan fingerprint density at radius 2 is 1.92 bits per heavy atom. The van der Waals surface area contributed by atoms with Crippen LogP contribution in [0.1, 0.15) is 40.1 Å². The second-order valence-electron chi connectivity index (χ2n) is 9.93. The van der Waals surface area contributed by atoms with Crippen LogP contribution in [0, 0.1) is 11.3 Å². The number of pyridine rings is 1. The van der Waals surface area contributed by atoms with E-state index in [4.69, 9.17) is 28.3 Å². The molecule has 2 heterocycles. The van der Waals surface area contributed by atoms with Crippen LogP contribution in [0.5, 0.6) is 0 Å². The minimum absolute atomic E-state index is 0.0766. The zero-order chi connectivity index (χ0) is 28.2. The molecule has 4 rings (SSSR count). The first kappa shape index (κ1) is 28.8. The van der Waals surface area contributed by atoms with Gasteiger partial charge in [0.1, 0.15) is 5.60 Å². The van der Waals surface area contributed by atoms with Gasteiger partial charge in [-0.15, -0.1) is 0 Å². The highest BCUT2D eigenvalue weighted by molar-refractivity contribution is 6.33. The molecule has 1 saturated heterocycles. The fourth-order valence-corrected chi connectivity index (χ4v) is 5.29. The van der Waals surface area contributed by atoms with E-state index in [0.29, 0.717) is 53.0 Å². The van der Waals surface area contributed by atoms with E-state index >= 15 is 0 Å². The molecule has 0 radical (unpaired) electrons. The van der Waals surface area contributed by atoms with Gasteiger partial charge in [0.15, 0.2) is 0 Å². The molecule has 3 aromatic rings. The number of rotatable bonds is 8. The maximum atomic E-state index is 12.5. The van der Waals surface area contributed by atoms with E-state index < -0.39 is 5.60 Å². The highest BCUT2D eigenvalue weighted by Gasteiger charge is 2.34. The van der Waals surface area contributed by atoms with Crippen molar-refractivity contribution in [1.29, 1.82) is 5.26 Å². The molecule has 204 valence electrons. The Labute approximate surface area is 238 Å². The third-order valence-corrected chi connectivity index (χ3v) is 7.54. The normalized spacial score (nSPS) is 17.4. The predicted molar refractivity (Wildman–Crippen MR) is 152 cm³/mol. The summed E-state index contributed by atoms with van der Waals surface area (Å²) in [5.74, 6) is -0.244. The highest BCUT2D eigenvalue weighted by atomic mass is 35.5. The predicted octanol–water partition coefficient (Wildman–Crippen LogP) is 4.10. The van der Waals surface area contributed by atoms with Crippen molar-refractivity contribution in [2.45, 2.75) is 18.6 Å². The van der Waals surface area contributed by atoms with Crippen molar-refractivity contribution in [2.24, 2.45) is 0 Å². The quantitative estimate of drug-likeness (QED) is 0.422. The number of aliphatic hydroxyl groups is 2. The molecular formula is C29H31Cl2N5O3. The Morgan fingerprint density at radius 1 is 1.18 bits per heavy atom. The zero-order valence-corrected chi connectivity index (χ0v) is 23.4. The minimum atomic E-state index is -1.27. The first-order valence-corrected chi connectivity index (χ1v) is 13.4. The molecule has 1 fully saturated rings. The number of carbonyl (C=O) groups is 1. The van der Waals surface area contributed by atoms with Gasteiger partial charge in [-0.25, -0.2) is 0 Å². The van der Waals surface area contributed by atoms with Crippen molar-refractivity contribution < 1.29 is 15.0 Å². The summed E-state index contributed by atoms with van der Waals surface area (Å²) in [6.07, 6.45) is 1.46. The SMILES string of the molecule is CN(CCO)C(=O)c1ccc([C@](C)(O)CN2CCN(c3ccc(C#N)cc3Cl)[C@H](c3ccc(Cl)cc3)C2)nc1. The molecule has 0 spiro atoms. The maximum Gasteiger partial charge on any atom is 0.255 e. The Hall–Kier alpha value is -3.19. The molecule has 39 heavy (non-hydrogen) atoms. The minimum Gasteiger partial charge on any atom is -0.395 e. The van der Waals surface area contributed by atoms with Crippen LogP contribution in [0.4, 0.5) is 5.69 Å². The topological polar surface area (TPSA) is 104 Å². The lowest BCUT2D eigenvalue weighted by Gasteiger charge is -2.45. The van der Waals surface area contributed by atoms with Gasteiger partial charge in [-0.05, 0) is 55.0 Å². The van der Waals surface area contributed by atoms with Gasteiger partial charge in [0.05, 0.1) is 46.2 Å². The number of piperazine rings is 1. The fourth-order valence-electron chi connectivity index (χ4n) is 4.88. The van der Waals surface area contributed by atoms with Crippen LogP contribution >= 0.6 is 23.2 Å². The van der Waals surface area contributed by atoms with Crippen LogP contribution in [0.3, 0.4) is 0 Å². The number of aromatic nitrogens is 1. The fraction of sp³-hybridized carbons (Fsp3) is 0.345. The van der Waals surface area contributed by atoms with Gasteiger partial charge in [-0.3, -0.25) is 14.7 Å². The number of anilines is 1. The first-order valence-electron chi connectivity index (χ1n) is 12.6. The lowest BCUT2D eigenvalue weighted by Crippen LogP contribution is -2.52. The molecule has 1 amide bonds.